The Kier molecular flexibility index (Phi) is 5.66. The quantitative estimate of drug-likeness (QED) is 0.672. The van der Waals surface area contributed by atoms with Crippen molar-refractivity contribution in [2.75, 3.05) is 5.75 Å². The molecular formula is C19H20N4O3S. The van der Waals surface area contributed by atoms with E-state index in [0.717, 1.165) is 16.8 Å². The lowest BCUT2D eigenvalue weighted by Crippen LogP contribution is -2.25. The summed E-state index contributed by atoms with van der Waals surface area (Å²) >= 11 is 0. The van der Waals surface area contributed by atoms with Crippen molar-refractivity contribution >= 4 is 15.7 Å². The number of hydrogen-bond donors (Lipinski definition) is 1. The van der Waals surface area contributed by atoms with Gasteiger partial charge in [0, 0.05) is 38.0 Å². The molecule has 3 aromatic rings. The van der Waals surface area contributed by atoms with Gasteiger partial charge >= 0.3 is 0 Å². The molecule has 27 heavy (non-hydrogen) atoms. The van der Waals surface area contributed by atoms with E-state index >= 15 is 0 Å². The Hall–Kier alpha value is -3.00. The second kappa shape index (κ2) is 8.13. The van der Waals surface area contributed by atoms with Gasteiger partial charge in [-0.15, -0.1) is 0 Å². The maximum absolute atomic E-state index is 12.3. The van der Waals surface area contributed by atoms with Crippen LogP contribution in [0.2, 0.25) is 0 Å². The second-order valence-electron chi connectivity index (χ2n) is 6.07. The predicted octanol–water partition coefficient (Wildman–Crippen LogP) is 1.96. The molecule has 0 radical (unpaired) electrons. The van der Waals surface area contributed by atoms with Crippen LogP contribution in [0.3, 0.4) is 0 Å². The van der Waals surface area contributed by atoms with Gasteiger partial charge in [0.1, 0.15) is 0 Å². The first-order valence-electron chi connectivity index (χ1n) is 8.43. The molecule has 2 heterocycles. The first-order chi connectivity index (χ1) is 13.0. The minimum absolute atomic E-state index is 0.0975. The molecule has 0 saturated carbocycles. The topological polar surface area (TPSA) is 94.0 Å². The number of sulfone groups is 1. The number of rotatable bonds is 7. The average molecular weight is 384 g/mol. The number of amides is 1. The van der Waals surface area contributed by atoms with Gasteiger partial charge in [0.15, 0.2) is 9.84 Å². The summed E-state index contributed by atoms with van der Waals surface area (Å²) in [5.41, 5.74) is 2.43. The van der Waals surface area contributed by atoms with Crippen molar-refractivity contribution in [1.82, 2.24) is 20.1 Å². The first-order valence-corrected chi connectivity index (χ1v) is 10.1. The molecule has 0 aliphatic heterocycles. The van der Waals surface area contributed by atoms with Gasteiger partial charge in [0.2, 0.25) is 5.91 Å². The lowest BCUT2D eigenvalue weighted by Gasteiger charge is -2.09. The van der Waals surface area contributed by atoms with Gasteiger partial charge in [-0.05, 0) is 23.8 Å². The molecular weight excluding hydrogens is 364 g/mol. The molecule has 8 heteroatoms. The fraction of sp³-hybridized carbons (Fsp3) is 0.211. The summed E-state index contributed by atoms with van der Waals surface area (Å²) in [6.45, 7) is 0.266. The van der Waals surface area contributed by atoms with Crippen LogP contribution < -0.4 is 5.32 Å². The van der Waals surface area contributed by atoms with E-state index in [1.54, 1.807) is 41.3 Å². The number of pyridine rings is 1. The number of nitrogens with zero attached hydrogens (tertiary/aromatic N) is 3. The highest BCUT2D eigenvalue weighted by Crippen LogP contribution is 2.20. The van der Waals surface area contributed by atoms with Gasteiger partial charge in [0.25, 0.3) is 0 Å². The maximum Gasteiger partial charge on any atom is 0.221 e. The van der Waals surface area contributed by atoms with Crippen LogP contribution in [0, 0.1) is 0 Å². The highest BCUT2D eigenvalue weighted by molar-refractivity contribution is 7.91. The number of aryl methyl sites for hydroxylation is 1. The number of aromatic nitrogens is 3. The molecule has 0 aliphatic carbocycles. The fourth-order valence-corrected chi connectivity index (χ4v) is 3.90. The average Bonchev–Trinajstić information content (AvgIpc) is 3.12. The summed E-state index contributed by atoms with van der Waals surface area (Å²) in [5.74, 6) is -0.554. The lowest BCUT2D eigenvalue weighted by molar-refractivity contribution is -0.120. The normalized spacial score (nSPS) is 11.3. The maximum atomic E-state index is 12.3. The van der Waals surface area contributed by atoms with Crippen molar-refractivity contribution in [1.29, 1.82) is 0 Å². The minimum Gasteiger partial charge on any atom is -0.352 e. The lowest BCUT2D eigenvalue weighted by atomic mass is 10.1. The second-order valence-corrected chi connectivity index (χ2v) is 8.18. The SMILES string of the molecule is Cn1cc(-c2ncccc2CNC(=O)CCS(=O)(=O)c2ccccc2)cn1. The smallest absolute Gasteiger partial charge is 0.221 e. The molecule has 1 amide bonds. The number of benzene rings is 1. The number of hydrogen-bond acceptors (Lipinski definition) is 5. The van der Waals surface area contributed by atoms with Gasteiger partial charge in [-0.1, -0.05) is 24.3 Å². The van der Waals surface area contributed by atoms with Crippen LogP contribution in [0.4, 0.5) is 0 Å². The standard InChI is InChI=1S/C19H20N4O3S/c1-23-14-16(13-22-23)19-15(6-5-10-20-19)12-21-18(24)9-11-27(25,26)17-7-3-2-4-8-17/h2-8,10,13-14H,9,11-12H2,1H3,(H,21,24). The van der Waals surface area contributed by atoms with Crippen LogP contribution in [0.25, 0.3) is 11.3 Å². The van der Waals surface area contributed by atoms with Crippen molar-refractivity contribution in [2.24, 2.45) is 7.05 Å². The molecule has 0 aliphatic rings. The molecule has 0 atom stereocenters. The Labute approximate surface area is 158 Å². The highest BCUT2D eigenvalue weighted by atomic mass is 32.2. The molecule has 7 nitrogen and oxygen atoms in total. The van der Waals surface area contributed by atoms with Crippen molar-refractivity contribution in [3.05, 3.63) is 66.6 Å². The van der Waals surface area contributed by atoms with Crippen LogP contribution in [0.15, 0.2) is 66.0 Å². The zero-order chi connectivity index (χ0) is 19.3. The van der Waals surface area contributed by atoms with Crippen LogP contribution in [0.5, 0.6) is 0 Å². The summed E-state index contributed by atoms with van der Waals surface area (Å²) in [6, 6.07) is 11.8. The first kappa shape index (κ1) is 18.8. The third kappa shape index (κ3) is 4.79. The molecule has 140 valence electrons. The molecule has 2 aromatic heterocycles. The van der Waals surface area contributed by atoms with Gasteiger partial charge in [-0.25, -0.2) is 8.42 Å². The summed E-state index contributed by atoms with van der Waals surface area (Å²) < 4.78 is 26.2. The summed E-state index contributed by atoms with van der Waals surface area (Å²) in [7, 11) is -1.65. The molecule has 0 bridgehead atoms. The Morgan fingerprint density at radius 1 is 1.15 bits per heavy atom. The molecule has 1 N–H and O–H groups in total. The minimum atomic E-state index is -3.47. The third-order valence-electron chi connectivity index (χ3n) is 4.05. The van der Waals surface area contributed by atoms with E-state index in [1.807, 2.05) is 19.3 Å². The van der Waals surface area contributed by atoms with E-state index in [9.17, 15) is 13.2 Å². The largest absolute Gasteiger partial charge is 0.352 e. The van der Waals surface area contributed by atoms with Crippen LogP contribution in [0.1, 0.15) is 12.0 Å². The zero-order valence-corrected chi connectivity index (χ0v) is 15.7. The van der Waals surface area contributed by atoms with Crippen LogP contribution in [-0.2, 0) is 28.2 Å². The van der Waals surface area contributed by atoms with E-state index in [-0.39, 0.29) is 29.5 Å². The van der Waals surface area contributed by atoms with Crippen molar-refractivity contribution < 1.29 is 13.2 Å². The summed E-state index contributed by atoms with van der Waals surface area (Å²) in [5, 5.41) is 6.91. The molecule has 0 fully saturated rings. The molecule has 3 rings (SSSR count). The van der Waals surface area contributed by atoms with E-state index in [0.29, 0.717) is 0 Å². The van der Waals surface area contributed by atoms with E-state index in [4.69, 9.17) is 0 Å². The van der Waals surface area contributed by atoms with Gasteiger partial charge in [0.05, 0.1) is 22.5 Å². The molecule has 0 spiro atoms. The third-order valence-corrected chi connectivity index (χ3v) is 5.78. The zero-order valence-electron chi connectivity index (χ0n) is 14.9. The van der Waals surface area contributed by atoms with Crippen LogP contribution >= 0.6 is 0 Å². The van der Waals surface area contributed by atoms with E-state index in [2.05, 4.69) is 15.4 Å². The molecule has 0 saturated heterocycles. The van der Waals surface area contributed by atoms with Crippen molar-refractivity contribution in [3.63, 3.8) is 0 Å². The Balaban J connectivity index is 1.60. The predicted molar refractivity (Wildman–Crippen MR) is 101 cm³/mol. The number of carbonyl (C=O) groups is 1. The summed E-state index contributed by atoms with van der Waals surface area (Å²) in [4.78, 5) is 16.7. The van der Waals surface area contributed by atoms with Crippen LogP contribution in [-0.4, -0.2) is 34.8 Å². The van der Waals surface area contributed by atoms with Crippen molar-refractivity contribution in [2.45, 2.75) is 17.9 Å². The summed E-state index contributed by atoms with van der Waals surface area (Å²) in [6.07, 6.45) is 5.14. The molecule has 1 aromatic carbocycles. The number of carbonyl (C=O) groups excluding carboxylic acids is 1. The fourth-order valence-electron chi connectivity index (χ4n) is 2.64. The Bertz CT molecular complexity index is 1030. The van der Waals surface area contributed by atoms with Gasteiger partial charge < -0.3 is 5.32 Å². The Morgan fingerprint density at radius 2 is 1.93 bits per heavy atom. The van der Waals surface area contributed by atoms with Gasteiger partial charge in [-0.3, -0.25) is 14.5 Å². The monoisotopic (exact) mass is 384 g/mol. The van der Waals surface area contributed by atoms with Crippen molar-refractivity contribution in [3.8, 4) is 11.3 Å². The van der Waals surface area contributed by atoms with E-state index < -0.39 is 9.84 Å². The highest BCUT2D eigenvalue weighted by Gasteiger charge is 2.16. The molecule has 0 unspecified atom stereocenters. The number of nitrogens with one attached hydrogen (secondary N) is 1. The van der Waals surface area contributed by atoms with E-state index in [1.165, 1.54) is 12.1 Å². The Morgan fingerprint density at radius 3 is 2.63 bits per heavy atom. The van der Waals surface area contributed by atoms with Gasteiger partial charge in [-0.2, -0.15) is 5.10 Å².